The number of Topliss-reactive ketones (excluding diaryl/α,β-unsaturated/α-hetero) is 1. The highest BCUT2D eigenvalue weighted by Gasteiger charge is 2.28. The van der Waals surface area contributed by atoms with E-state index in [1.807, 2.05) is 0 Å². The van der Waals surface area contributed by atoms with Crippen molar-refractivity contribution < 1.29 is 9.18 Å². The molecule has 1 unspecified atom stereocenters. The smallest absolute Gasteiger partial charge is 0.198 e. The fraction of sp³-hybridized carbons (Fsp3) is 0.333. The van der Waals surface area contributed by atoms with Gasteiger partial charge >= 0.3 is 0 Å². The van der Waals surface area contributed by atoms with E-state index < -0.39 is 12.0 Å². The number of alkyl halides is 1. The Morgan fingerprint density at radius 3 is 3.08 bits per heavy atom. The van der Waals surface area contributed by atoms with Crippen molar-refractivity contribution in [2.45, 2.75) is 19.0 Å². The Bertz CT molecular complexity index is 367. The molecule has 0 amide bonds. The molecule has 68 valence electrons. The predicted octanol–water partition coefficient (Wildman–Crippen LogP) is 2.31. The van der Waals surface area contributed by atoms with Crippen molar-refractivity contribution in [1.82, 2.24) is 4.98 Å². The lowest BCUT2D eigenvalue weighted by atomic mass is 9.91. The van der Waals surface area contributed by atoms with Crippen LogP contribution in [0.2, 0.25) is 0 Å². The highest BCUT2D eigenvalue weighted by molar-refractivity contribution is 9.10. The summed E-state index contributed by atoms with van der Waals surface area (Å²) in [4.78, 5) is 15.2. The van der Waals surface area contributed by atoms with Crippen LogP contribution in [0.4, 0.5) is 4.39 Å². The van der Waals surface area contributed by atoms with Crippen molar-refractivity contribution in [3.63, 3.8) is 0 Å². The van der Waals surface area contributed by atoms with Crippen molar-refractivity contribution in [2.24, 2.45) is 0 Å². The maximum Gasteiger partial charge on any atom is 0.198 e. The molecule has 1 aromatic heterocycles. The van der Waals surface area contributed by atoms with E-state index in [9.17, 15) is 9.18 Å². The molecule has 1 atom stereocenters. The van der Waals surface area contributed by atoms with Gasteiger partial charge in [-0.05, 0) is 34.3 Å². The summed E-state index contributed by atoms with van der Waals surface area (Å²) in [6, 6.07) is 0. The first-order valence-corrected chi connectivity index (χ1v) is 4.80. The summed E-state index contributed by atoms with van der Waals surface area (Å²) in [5, 5.41) is 0. The molecule has 1 heterocycles. The molecule has 0 spiro atoms. The van der Waals surface area contributed by atoms with E-state index in [2.05, 4.69) is 20.9 Å². The number of pyridine rings is 1. The molecule has 2 nitrogen and oxygen atoms in total. The van der Waals surface area contributed by atoms with Gasteiger partial charge in [-0.3, -0.25) is 9.78 Å². The number of ketones is 1. The monoisotopic (exact) mass is 243 g/mol. The zero-order valence-electron chi connectivity index (χ0n) is 6.76. The first kappa shape index (κ1) is 8.81. The number of fused-ring (bicyclic) bond motifs is 1. The van der Waals surface area contributed by atoms with Gasteiger partial charge in [0.25, 0.3) is 0 Å². The summed E-state index contributed by atoms with van der Waals surface area (Å²) >= 11 is 3.29. The van der Waals surface area contributed by atoms with Gasteiger partial charge < -0.3 is 0 Å². The Balaban J connectivity index is 2.55. The molecule has 1 aliphatic rings. The van der Waals surface area contributed by atoms with Gasteiger partial charge in [0.05, 0.1) is 0 Å². The molecule has 0 saturated heterocycles. The van der Waals surface area contributed by atoms with Crippen LogP contribution >= 0.6 is 15.9 Å². The number of aromatic nitrogens is 1. The Labute approximate surface area is 83.3 Å². The van der Waals surface area contributed by atoms with Crippen LogP contribution in [0.25, 0.3) is 0 Å². The van der Waals surface area contributed by atoms with Crippen LogP contribution in [0.3, 0.4) is 0 Å². The van der Waals surface area contributed by atoms with E-state index in [4.69, 9.17) is 0 Å². The molecule has 0 saturated carbocycles. The van der Waals surface area contributed by atoms with Crippen molar-refractivity contribution >= 4 is 21.7 Å². The van der Waals surface area contributed by atoms with Crippen molar-refractivity contribution in [3.8, 4) is 0 Å². The standard InChI is InChI=1S/C9H7BrFNO/c10-7-4-12-3-6-5(7)1-2-8(11)9(6)13/h3-4,8H,1-2H2. The third-order valence-electron chi connectivity index (χ3n) is 2.20. The van der Waals surface area contributed by atoms with Gasteiger partial charge in [0.15, 0.2) is 12.0 Å². The first-order valence-electron chi connectivity index (χ1n) is 4.01. The lowest BCUT2D eigenvalue weighted by molar-refractivity contribution is 0.0855. The number of carbonyl (C=O) groups excluding carboxylic acids is 1. The number of halogens is 2. The van der Waals surface area contributed by atoms with E-state index in [1.54, 1.807) is 6.20 Å². The summed E-state index contributed by atoms with van der Waals surface area (Å²) in [6.07, 6.45) is 2.61. The van der Waals surface area contributed by atoms with E-state index in [1.165, 1.54) is 6.20 Å². The van der Waals surface area contributed by atoms with Gasteiger partial charge in [-0.2, -0.15) is 0 Å². The lowest BCUT2D eigenvalue weighted by Gasteiger charge is -2.17. The summed E-state index contributed by atoms with van der Waals surface area (Å²) in [5.74, 6) is -0.435. The Kier molecular flexibility index (Phi) is 2.15. The van der Waals surface area contributed by atoms with Crippen LogP contribution in [0.5, 0.6) is 0 Å². The molecule has 0 radical (unpaired) electrons. The van der Waals surface area contributed by atoms with E-state index in [0.29, 0.717) is 12.0 Å². The number of carbonyl (C=O) groups is 1. The second-order valence-corrected chi connectivity index (χ2v) is 3.87. The molecular formula is C9H7BrFNO. The SMILES string of the molecule is O=C1c2cncc(Br)c2CCC1F. The van der Waals surface area contributed by atoms with Gasteiger partial charge in [0.1, 0.15) is 0 Å². The summed E-state index contributed by atoms with van der Waals surface area (Å²) in [7, 11) is 0. The minimum Gasteiger partial charge on any atom is -0.291 e. The largest absolute Gasteiger partial charge is 0.291 e. The highest BCUT2D eigenvalue weighted by Crippen LogP contribution is 2.28. The van der Waals surface area contributed by atoms with E-state index in [0.717, 1.165) is 10.0 Å². The average molecular weight is 244 g/mol. The predicted molar refractivity (Wildman–Crippen MR) is 49.5 cm³/mol. The van der Waals surface area contributed by atoms with Crippen LogP contribution in [-0.2, 0) is 6.42 Å². The summed E-state index contributed by atoms with van der Waals surface area (Å²) < 4.78 is 13.8. The average Bonchev–Trinajstić information content (AvgIpc) is 2.12. The van der Waals surface area contributed by atoms with Gasteiger partial charge in [-0.25, -0.2) is 4.39 Å². The minimum atomic E-state index is -1.34. The molecule has 2 rings (SSSR count). The maximum atomic E-state index is 13.0. The topological polar surface area (TPSA) is 30.0 Å². The molecule has 0 N–H and O–H groups in total. The molecule has 4 heteroatoms. The number of nitrogens with zero attached hydrogens (tertiary/aromatic N) is 1. The highest BCUT2D eigenvalue weighted by atomic mass is 79.9. The van der Waals surface area contributed by atoms with E-state index >= 15 is 0 Å². The van der Waals surface area contributed by atoms with E-state index in [-0.39, 0.29) is 6.42 Å². The fourth-order valence-electron chi connectivity index (χ4n) is 1.50. The Morgan fingerprint density at radius 1 is 1.54 bits per heavy atom. The first-order chi connectivity index (χ1) is 6.20. The second-order valence-electron chi connectivity index (χ2n) is 3.02. The van der Waals surface area contributed by atoms with Crippen molar-refractivity contribution in [3.05, 3.63) is 28.0 Å². The lowest BCUT2D eigenvalue weighted by Crippen LogP contribution is -2.24. The van der Waals surface area contributed by atoms with Crippen molar-refractivity contribution in [2.75, 3.05) is 0 Å². The third kappa shape index (κ3) is 1.39. The quantitative estimate of drug-likeness (QED) is 0.700. The number of hydrogen-bond donors (Lipinski definition) is 0. The molecule has 1 aliphatic carbocycles. The van der Waals surface area contributed by atoms with Crippen LogP contribution in [-0.4, -0.2) is 16.9 Å². The molecule has 13 heavy (non-hydrogen) atoms. The molecule has 0 bridgehead atoms. The molecule has 1 aromatic rings. The zero-order valence-corrected chi connectivity index (χ0v) is 8.34. The number of hydrogen-bond acceptors (Lipinski definition) is 2. The third-order valence-corrected chi connectivity index (χ3v) is 2.89. The van der Waals surface area contributed by atoms with Crippen LogP contribution in [0.1, 0.15) is 22.3 Å². The normalized spacial score (nSPS) is 21.4. The van der Waals surface area contributed by atoms with Crippen LogP contribution in [0.15, 0.2) is 16.9 Å². The van der Waals surface area contributed by atoms with Crippen LogP contribution in [0, 0.1) is 0 Å². The molecule has 0 aliphatic heterocycles. The van der Waals surface area contributed by atoms with Gasteiger partial charge in [-0.15, -0.1) is 0 Å². The Morgan fingerprint density at radius 2 is 2.31 bits per heavy atom. The summed E-state index contributed by atoms with van der Waals surface area (Å²) in [6.45, 7) is 0. The second kappa shape index (κ2) is 3.18. The molecule has 0 fully saturated rings. The number of rotatable bonds is 0. The van der Waals surface area contributed by atoms with Gasteiger partial charge in [0, 0.05) is 22.4 Å². The zero-order chi connectivity index (χ0) is 9.42. The van der Waals surface area contributed by atoms with Crippen LogP contribution < -0.4 is 0 Å². The minimum absolute atomic E-state index is 0.286. The van der Waals surface area contributed by atoms with Crippen molar-refractivity contribution in [1.29, 1.82) is 0 Å². The Hall–Kier alpha value is -0.770. The molecular weight excluding hydrogens is 237 g/mol. The fourth-order valence-corrected chi connectivity index (χ4v) is 2.03. The van der Waals surface area contributed by atoms with Gasteiger partial charge in [-0.1, -0.05) is 0 Å². The van der Waals surface area contributed by atoms with Gasteiger partial charge in [0.2, 0.25) is 0 Å². The summed E-state index contributed by atoms with van der Waals surface area (Å²) in [5.41, 5.74) is 1.31. The maximum absolute atomic E-state index is 13.0. The molecule has 0 aromatic carbocycles.